The Balaban J connectivity index is 3.71. The van der Waals surface area contributed by atoms with Crippen molar-refractivity contribution in [2.45, 2.75) is 232 Å². The van der Waals surface area contributed by atoms with Crippen molar-refractivity contribution in [1.29, 1.82) is 0 Å². The molecule has 0 aliphatic carbocycles. The minimum Gasteiger partial charge on any atom is -0.346 e. The molecule has 298 valence electrons. The van der Waals surface area contributed by atoms with Gasteiger partial charge in [0.25, 0.3) is 0 Å². The van der Waals surface area contributed by atoms with Gasteiger partial charge < -0.3 is 8.37 Å². The predicted molar refractivity (Wildman–Crippen MR) is 208 cm³/mol. The maximum Gasteiger partial charge on any atom is 0.322 e. The number of carbonyl (C=O) groups excluding carboxylic acids is 2. The van der Waals surface area contributed by atoms with Crippen LogP contribution in [0.3, 0.4) is 0 Å². The number of hydrogen-bond donors (Lipinski definition) is 0. The van der Waals surface area contributed by atoms with E-state index in [4.69, 9.17) is 0 Å². The van der Waals surface area contributed by atoms with Crippen molar-refractivity contribution in [3.05, 3.63) is 0 Å². The first-order valence-corrected chi connectivity index (χ1v) is 24.2. The molecule has 0 radical (unpaired) electrons. The summed E-state index contributed by atoms with van der Waals surface area (Å²) in [5.41, 5.74) is 0. The highest BCUT2D eigenvalue weighted by Crippen LogP contribution is 2.16. The molecule has 8 nitrogen and oxygen atoms in total. The van der Waals surface area contributed by atoms with Crippen LogP contribution < -0.4 is 0 Å². The first kappa shape index (κ1) is 48.8. The van der Waals surface area contributed by atoms with E-state index < -0.39 is 45.0 Å². The van der Waals surface area contributed by atoms with E-state index in [1.165, 1.54) is 141 Å². The Hall–Kier alpha value is -1.16. The SMILES string of the molecule is CCCCCCCCCCCCCCCCCCS(=O)(=O)OC(=O)CCC(=O)OS(=O)(=O)CCCCCCCCCCCCCCCCCC. The van der Waals surface area contributed by atoms with Crippen molar-refractivity contribution in [3.63, 3.8) is 0 Å². The Morgan fingerprint density at radius 2 is 0.500 bits per heavy atom. The summed E-state index contributed by atoms with van der Waals surface area (Å²) in [6.07, 6.45) is 36.7. The fourth-order valence-electron chi connectivity index (χ4n) is 6.31. The molecule has 0 amide bonds. The van der Waals surface area contributed by atoms with Crippen molar-refractivity contribution in [1.82, 2.24) is 0 Å². The van der Waals surface area contributed by atoms with Crippen molar-refractivity contribution in [2.24, 2.45) is 0 Å². The highest BCUT2D eigenvalue weighted by Gasteiger charge is 2.21. The van der Waals surface area contributed by atoms with E-state index in [0.29, 0.717) is 12.8 Å². The number of unbranched alkanes of at least 4 members (excludes halogenated alkanes) is 30. The van der Waals surface area contributed by atoms with Crippen LogP contribution in [0.5, 0.6) is 0 Å². The second-order valence-corrected chi connectivity index (χ2v) is 17.9. The summed E-state index contributed by atoms with van der Waals surface area (Å²) >= 11 is 0. The van der Waals surface area contributed by atoms with Gasteiger partial charge in [-0.3, -0.25) is 9.59 Å². The molecule has 0 aromatic carbocycles. The normalized spacial score (nSPS) is 12.0. The largest absolute Gasteiger partial charge is 0.346 e. The molecule has 0 saturated heterocycles. The summed E-state index contributed by atoms with van der Waals surface area (Å²) in [5.74, 6) is -2.66. The van der Waals surface area contributed by atoms with Gasteiger partial charge >= 0.3 is 32.2 Å². The molecule has 0 rings (SSSR count). The zero-order valence-electron chi connectivity index (χ0n) is 32.5. The number of hydrogen-bond acceptors (Lipinski definition) is 8. The summed E-state index contributed by atoms with van der Waals surface area (Å²) in [4.78, 5) is 24.0. The lowest BCUT2D eigenvalue weighted by Gasteiger charge is -2.07. The highest BCUT2D eigenvalue weighted by molar-refractivity contribution is 7.87. The van der Waals surface area contributed by atoms with Gasteiger partial charge in [0.15, 0.2) is 0 Å². The quantitative estimate of drug-likeness (QED) is 0.0449. The Bertz CT molecular complexity index is 915. The molecule has 0 atom stereocenters. The third-order valence-electron chi connectivity index (χ3n) is 9.47. The number of rotatable bonds is 39. The first-order chi connectivity index (χ1) is 24.1. The third-order valence-corrected chi connectivity index (χ3v) is 11.9. The van der Waals surface area contributed by atoms with E-state index >= 15 is 0 Å². The molecule has 0 aliphatic heterocycles. The monoisotopic (exact) mass is 751 g/mol. The van der Waals surface area contributed by atoms with Crippen molar-refractivity contribution in [3.8, 4) is 0 Å². The molecule has 0 aliphatic rings. The molecule has 0 unspecified atom stereocenters. The summed E-state index contributed by atoms with van der Waals surface area (Å²) in [5, 5.41) is 0. The molecule has 50 heavy (non-hydrogen) atoms. The minimum absolute atomic E-state index is 0.255. The van der Waals surface area contributed by atoms with Crippen LogP contribution >= 0.6 is 0 Å². The molecule has 0 fully saturated rings. The molecular formula is C40H78O8S2. The summed E-state index contributed by atoms with van der Waals surface area (Å²) in [7, 11) is -8.07. The van der Waals surface area contributed by atoms with Crippen molar-refractivity contribution < 1.29 is 34.8 Å². The van der Waals surface area contributed by atoms with Crippen molar-refractivity contribution >= 4 is 32.2 Å². The molecule has 0 saturated carbocycles. The second kappa shape index (κ2) is 34.9. The highest BCUT2D eigenvalue weighted by atomic mass is 32.2. The lowest BCUT2D eigenvalue weighted by atomic mass is 10.0. The smallest absolute Gasteiger partial charge is 0.322 e. The molecule has 0 heterocycles. The predicted octanol–water partition coefficient (Wildman–Crippen LogP) is 12.0. The van der Waals surface area contributed by atoms with Gasteiger partial charge in [-0.1, -0.05) is 206 Å². The zero-order valence-corrected chi connectivity index (χ0v) is 34.2. The number of carbonyl (C=O) groups is 2. The van der Waals surface area contributed by atoms with E-state index in [1.54, 1.807) is 0 Å². The van der Waals surface area contributed by atoms with Gasteiger partial charge in [0.1, 0.15) is 0 Å². The molecule has 0 aromatic rings. The van der Waals surface area contributed by atoms with Crippen LogP contribution in [0.1, 0.15) is 232 Å². The third kappa shape index (κ3) is 36.6. The maximum atomic E-state index is 12.1. The zero-order chi connectivity index (χ0) is 37.0. The summed E-state index contributed by atoms with van der Waals surface area (Å²) in [6.45, 7) is 4.50. The van der Waals surface area contributed by atoms with Crippen LogP contribution in [0, 0.1) is 0 Å². The average molecular weight is 751 g/mol. The Labute approximate surface area is 309 Å². The van der Waals surface area contributed by atoms with Crippen LogP contribution in [0.2, 0.25) is 0 Å². The standard InChI is InChI=1S/C40H78O8S2/c1-3-5-7-9-11-13-15-17-19-21-23-25-27-29-31-33-37-49(43,44)47-39(41)35-36-40(42)48-50(45,46)38-34-32-30-28-26-24-22-20-18-16-14-12-10-8-6-4-2/h3-38H2,1-2H3. The van der Waals surface area contributed by atoms with Crippen LogP contribution in [-0.4, -0.2) is 40.3 Å². The van der Waals surface area contributed by atoms with Crippen molar-refractivity contribution in [2.75, 3.05) is 11.5 Å². The van der Waals surface area contributed by atoms with Gasteiger partial charge in [-0.25, -0.2) is 0 Å². The lowest BCUT2D eigenvalue weighted by Crippen LogP contribution is -2.19. The van der Waals surface area contributed by atoms with E-state index in [2.05, 4.69) is 22.2 Å². The summed E-state index contributed by atoms with van der Waals surface area (Å²) < 4.78 is 57.7. The van der Waals surface area contributed by atoms with E-state index in [1.807, 2.05) is 0 Å². The lowest BCUT2D eigenvalue weighted by molar-refractivity contribution is -0.140. The van der Waals surface area contributed by atoms with E-state index in [0.717, 1.165) is 51.4 Å². The van der Waals surface area contributed by atoms with Crippen LogP contribution in [0.25, 0.3) is 0 Å². The molecule has 0 bridgehead atoms. The van der Waals surface area contributed by atoms with Gasteiger partial charge in [-0.15, -0.1) is 0 Å². The molecule has 10 heteroatoms. The average Bonchev–Trinajstić information content (AvgIpc) is 3.06. The first-order valence-electron chi connectivity index (χ1n) is 21.0. The fourth-order valence-corrected chi connectivity index (χ4v) is 8.32. The topological polar surface area (TPSA) is 121 Å². The minimum atomic E-state index is -4.04. The second-order valence-electron chi connectivity index (χ2n) is 14.5. The van der Waals surface area contributed by atoms with Crippen LogP contribution in [-0.2, 0) is 38.2 Å². The Kier molecular flexibility index (Phi) is 34.1. The van der Waals surface area contributed by atoms with E-state index in [9.17, 15) is 26.4 Å². The molecular weight excluding hydrogens is 673 g/mol. The van der Waals surface area contributed by atoms with Crippen LogP contribution in [0.4, 0.5) is 0 Å². The van der Waals surface area contributed by atoms with Gasteiger partial charge in [0.05, 0.1) is 24.3 Å². The molecule has 0 N–H and O–H groups in total. The molecule has 0 aromatic heterocycles. The fraction of sp³-hybridized carbons (Fsp3) is 0.950. The van der Waals surface area contributed by atoms with Crippen LogP contribution in [0.15, 0.2) is 0 Å². The van der Waals surface area contributed by atoms with E-state index in [-0.39, 0.29) is 11.5 Å². The van der Waals surface area contributed by atoms with Gasteiger partial charge in [0, 0.05) is 0 Å². The van der Waals surface area contributed by atoms with Gasteiger partial charge in [-0.05, 0) is 12.8 Å². The Morgan fingerprint density at radius 1 is 0.320 bits per heavy atom. The maximum absolute atomic E-state index is 12.1. The van der Waals surface area contributed by atoms with Gasteiger partial charge in [0.2, 0.25) is 0 Å². The summed E-state index contributed by atoms with van der Waals surface area (Å²) in [6, 6.07) is 0. The van der Waals surface area contributed by atoms with Gasteiger partial charge in [-0.2, -0.15) is 16.8 Å². The molecule has 0 spiro atoms. The Morgan fingerprint density at radius 3 is 0.700 bits per heavy atom.